The number of nitrogens with zero attached hydrogens (tertiary/aromatic N) is 1. The van der Waals surface area contributed by atoms with Gasteiger partial charge in [0.15, 0.2) is 0 Å². The highest BCUT2D eigenvalue weighted by atomic mass is 32.2. The fourth-order valence-corrected chi connectivity index (χ4v) is 5.52. The second-order valence-corrected chi connectivity index (χ2v) is 11.1. The van der Waals surface area contributed by atoms with Gasteiger partial charge in [0.05, 0.1) is 4.90 Å². The Balaban J connectivity index is 1.96. The molecule has 0 bridgehead atoms. The summed E-state index contributed by atoms with van der Waals surface area (Å²) in [5.74, 6) is 0.558. The van der Waals surface area contributed by atoms with Crippen molar-refractivity contribution in [3.05, 3.63) is 58.9 Å². The van der Waals surface area contributed by atoms with Crippen LogP contribution < -0.4 is 4.72 Å². The van der Waals surface area contributed by atoms with Crippen LogP contribution in [0.5, 0.6) is 0 Å². The second kappa shape index (κ2) is 10.2. The molecule has 2 N–H and O–H groups in total. The lowest BCUT2D eigenvalue weighted by Gasteiger charge is -2.29. The van der Waals surface area contributed by atoms with Crippen molar-refractivity contribution in [1.82, 2.24) is 9.71 Å². The van der Waals surface area contributed by atoms with E-state index in [-0.39, 0.29) is 16.7 Å². The highest BCUT2D eigenvalue weighted by Crippen LogP contribution is 2.42. The van der Waals surface area contributed by atoms with Gasteiger partial charge >= 0.3 is 6.18 Å². The maximum atomic E-state index is 12.9. The van der Waals surface area contributed by atoms with Crippen LogP contribution in [0.3, 0.4) is 0 Å². The number of aromatic nitrogens is 1. The van der Waals surface area contributed by atoms with Gasteiger partial charge in [0.2, 0.25) is 10.0 Å². The standard InChI is InChI=1S/C25H32F3N3O2S/c1-5-19(13-18-6-7-18)23(24(29)22-12-15(2)14-30-16(22)3)20-8-10-21(11-9-20)34(32,33)31-17(4)25(26,27)28/h8-12,14,17-19,23,29,31H,5-7,13H2,1-4H3. The van der Waals surface area contributed by atoms with Gasteiger partial charge in [0.25, 0.3) is 0 Å². The summed E-state index contributed by atoms with van der Waals surface area (Å²) in [4.78, 5) is 4.17. The van der Waals surface area contributed by atoms with Gasteiger partial charge in [0.1, 0.15) is 6.04 Å². The number of rotatable bonds is 10. The zero-order chi connectivity index (χ0) is 25.3. The monoisotopic (exact) mass is 495 g/mol. The molecule has 5 nitrogen and oxygen atoms in total. The number of hydrogen-bond donors (Lipinski definition) is 2. The Morgan fingerprint density at radius 3 is 2.35 bits per heavy atom. The van der Waals surface area contributed by atoms with E-state index in [0.717, 1.165) is 42.1 Å². The molecule has 3 atom stereocenters. The van der Waals surface area contributed by atoms with E-state index >= 15 is 0 Å². The van der Waals surface area contributed by atoms with Crippen molar-refractivity contribution in [2.75, 3.05) is 0 Å². The first kappa shape index (κ1) is 26.3. The van der Waals surface area contributed by atoms with Crippen LogP contribution in [0.1, 0.15) is 67.8 Å². The molecule has 1 heterocycles. The lowest BCUT2D eigenvalue weighted by molar-refractivity contribution is -0.147. The first-order chi connectivity index (χ1) is 15.8. The minimum absolute atomic E-state index is 0.186. The predicted molar refractivity (Wildman–Crippen MR) is 127 cm³/mol. The number of pyridine rings is 1. The van der Waals surface area contributed by atoms with E-state index in [1.165, 1.54) is 25.0 Å². The molecular weight excluding hydrogens is 463 g/mol. The van der Waals surface area contributed by atoms with E-state index in [1.54, 1.807) is 23.1 Å². The number of aryl methyl sites for hydroxylation is 2. The Kier molecular flexibility index (Phi) is 7.87. The van der Waals surface area contributed by atoms with Gasteiger partial charge in [-0.15, -0.1) is 0 Å². The Labute approximate surface area is 199 Å². The topological polar surface area (TPSA) is 82.9 Å². The Morgan fingerprint density at radius 2 is 1.82 bits per heavy atom. The predicted octanol–water partition coefficient (Wildman–Crippen LogP) is 5.91. The summed E-state index contributed by atoms with van der Waals surface area (Å²) in [5, 5.41) is 9.10. The van der Waals surface area contributed by atoms with Crippen molar-refractivity contribution in [2.45, 2.75) is 76.4 Å². The van der Waals surface area contributed by atoms with Gasteiger partial charge in [-0.05, 0) is 68.4 Å². The smallest absolute Gasteiger partial charge is 0.304 e. The molecular formula is C25H32F3N3O2S. The Hall–Kier alpha value is -2.26. The van der Waals surface area contributed by atoms with Crippen molar-refractivity contribution >= 4 is 15.7 Å². The Morgan fingerprint density at radius 1 is 1.21 bits per heavy atom. The van der Waals surface area contributed by atoms with Crippen LogP contribution in [-0.2, 0) is 10.0 Å². The molecule has 0 saturated heterocycles. The van der Waals surface area contributed by atoms with Crippen molar-refractivity contribution in [2.24, 2.45) is 11.8 Å². The SMILES string of the molecule is CCC(CC1CC1)C(C(=N)c1cc(C)cnc1C)c1ccc(S(=O)(=O)NC(C)C(F)(F)F)cc1. The molecule has 3 rings (SSSR count). The summed E-state index contributed by atoms with van der Waals surface area (Å²) in [5.41, 5.74) is 3.68. The quantitative estimate of drug-likeness (QED) is 0.402. The summed E-state index contributed by atoms with van der Waals surface area (Å²) in [6.45, 7) is 6.65. The van der Waals surface area contributed by atoms with Gasteiger partial charge < -0.3 is 5.41 Å². The number of nitrogens with one attached hydrogen (secondary N) is 2. The lowest BCUT2D eigenvalue weighted by Crippen LogP contribution is -2.42. The molecule has 1 aromatic carbocycles. The van der Waals surface area contributed by atoms with E-state index in [9.17, 15) is 21.6 Å². The second-order valence-electron chi connectivity index (χ2n) is 9.34. The molecule has 2 aromatic rings. The zero-order valence-corrected chi connectivity index (χ0v) is 20.7. The van der Waals surface area contributed by atoms with E-state index in [4.69, 9.17) is 5.41 Å². The van der Waals surface area contributed by atoms with Crippen molar-refractivity contribution in [1.29, 1.82) is 5.41 Å². The van der Waals surface area contributed by atoms with Crippen molar-refractivity contribution < 1.29 is 21.6 Å². The molecule has 0 amide bonds. The molecule has 1 aliphatic carbocycles. The number of alkyl halides is 3. The van der Waals surface area contributed by atoms with Crippen LogP contribution in [-0.4, -0.2) is 31.3 Å². The molecule has 186 valence electrons. The highest BCUT2D eigenvalue weighted by Gasteiger charge is 2.39. The minimum atomic E-state index is -4.68. The summed E-state index contributed by atoms with van der Waals surface area (Å²) >= 11 is 0. The average molecular weight is 496 g/mol. The first-order valence-corrected chi connectivity index (χ1v) is 13.0. The summed E-state index contributed by atoms with van der Waals surface area (Å²) < 4.78 is 65.2. The van der Waals surface area contributed by atoms with Crippen LogP contribution in [0, 0.1) is 31.1 Å². The number of sulfonamides is 1. The molecule has 1 aliphatic rings. The molecule has 1 fully saturated rings. The maximum Gasteiger partial charge on any atom is 0.404 e. The van der Waals surface area contributed by atoms with Gasteiger partial charge in [0, 0.05) is 29.1 Å². The fraction of sp³-hybridized carbons (Fsp3) is 0.520. The van der Waals surface area contributed by atoms with Gasteiger partial charge in [-0.1, -0.05) is 38.3 Å². The van der Waals surface area contributed by atoms with E-state index in [0.29, 0.717) is 11.6 Å². The van der Waals surface area contributed by atoms with Gasteiger partial charge in [-0.2, -0.15) is 17.9 Å². The minimum Gasteiger partial charge on any atom is -0.304 e. The van der Waals surface area contributed by atoms with E-state index in [2.05, 4.69) is 11.9 Å². The third-order valence-electron chi connectivity index (χ3n) is 6.53. The van der Waals surface area contributed by atoms with Crippen LogP contribution in [0.2, 0.25) is 0 Å². The summed E-state index contributed by atoms with van der Waals surface area (Å²) in [7, 11) is -4.34. The number of hydrogen-bond acceptors (Lipinski definition) is 4. The molecule has 9 heteroatoms. The van der Waals surface area contributed by atoms with Crippen LogP contribution in [0.4, 0.5) is 13.2 Å². The third kappa shape index (κ3) is 6.24. The molecule has 0 radical (unpaired) electrons. The van der Waals surface area contributed by atoms with Crippen molar-refractivity contribution in [3.63, 3.8) is 0 Å². The molecule has 0 aliphatic heterocycles. The van der Waals surface area contributed by atoms with E-state index < -0.39 is 22.2 Å². The molecule has 1 saturated carbocycles. The molecule has 0 spiro atoms. The summed E-state index contributed by atoms with van der Waals surface area (Å²) in [6, 6.07) is 5.65. The van der Waals surface area contributed by atoms with Crippen LogP contribution in [0.25, 0.3) is 0 Å². The Bertz CT molecular complexity index is 1130. The van der Waals surface area contributed by atoms with Gasteiger partial charge in [-0.25, -0.2) is 8.42 Å². The number of halogens is 3. The highest BCUT2D eigenvalue weighted by molar-refractivity contribution is 7.89. The first-order valence-electron chi connectivity index (χ1n) is 11.5. The normalized spacial score (nSPS) is 17.3. The molecule has 1 aromatic heterocycles. The van der Waals surface area contributed by atoms with Crippen LogP contribution >= 0.6 is 0 Å². The molecule has 34 heavy (non-hydrogen) atoms. The number of benzene rings is 1. The van der Waals surface area contributed by atoms with E-state index in [1.807, 2.05) is 19.9 Å². The zero-order valence-electron chi connectivity index (χ0n) is 19.9. The summed E-state index contributed by atoms with van der Waals surface area (Å²) in [6.07, 6.45) is 1.28. The average Bonchev–Trinajstić information content (AvgIpc) is 3.58. The fourth-order valence-electron chi connectivity index (χ4n) is 4.29. The van der Waals surface area contributed by atoms with Crippen LogP contribution in [0.15, 0.2) is 41.4 Å². The maximum absolute atomic E-state index is 12.9. The van der Waals surface area contributed by atoms with Gasteiger partial charge in [-0.3, -0.25) is 4.98 Å². The largest absolute Gasteiger partial charge is 0.404 e. The van der Waals surface area contributed by atoms with Crippen molar-refractivity contribution in [3.8, 4) is 0 Å². The lowest BCUT2D eigenvalue weighted by atomic mass is 9.76. The third-order valence-corrected chi connectivity index (χ3v) is 8.08. The molecule has 3 unspecified atom stereocenters.